The summed E-state index contributed by atoms with van der Waals surface area (Å²) in [5.41, 5.74) is 3.46. The first-order valence-corrected chi connectivity index (χ1v) is 12.9. The summed E-state index contributed by atoms with van der Waals surface area (Å²) in [6.07, 6.45) is -0.271. The van der Waals surface area contributed by atoms with Gasteiger partial charge in [-0.2, -0.15) is 0 Å². The number of oxazole rings is 1. The molecule has 1 aliphatic heterocycles. The summed E-state index contributed by atoms with van der Waals surface area (Å²) in [5, 5.41) is 2.87. The molecule has 0 spiro atoms. The van der Waals surface area contributed by atoms with Gasteiger partial charge in [0.1, 0.15) is 16.9 Å². The average molecular weight is 531 g/mol. The second-order valence-electron chi connectivity index (χ2n) is 10.6. The second-order valence-corrected chi connectivity index (χ2v) is 10.6. The van der Waals surface area contributed by atoms with Crippen LogP contribution < -0.4 is 5.32 Å². The van der Waals surface area contributed by atoms with Gasteiger partial charge in [0.25, 0.3) is 5.91 Å². The molecule has 0 bridgehead atoms. The number of ether oxygens (including phenoxy) is 1. The molecule has 1 aromatic heterocycles. The van der Waals surface area contributed by atoms with Crippen LogP contribution in [0.15, 0.2) is 71.1 Å². The van der Waals surface area contributed by atoms with E-state index in [1.165, 1.54) is 24.3 Å². The van der Waals surface area contributed by atoms with Crippen molar-refractivity contribution < 1.29 is 23.1 Å². The molecule has 3 aromatic carbocycles. The lowest BCUT2D eigenvalue weighted by Gasteiger charge is -2.35. The van der Waals surface area contributed by atoms with Gasteiger partial charge in [0.05, 0.1) is 11.3 Å². The maximum atomic E-state index is 13.2. The van der Waals surface area contributed by atoms with Crippen LogP contribution in [0.25, 0.3) is 22.6 Å². The Hall–Kier alpha value is -4.24. The number of rotatable bonds is 5. The average Bonchev–Trinajstić information content (AvgIpc) is 3.32. The Kier molecular flexibility index (Phi) is 7.34. The zero-order chi connectivity index (χ0) is 27.6. The molecule has 0 atom stereocenters. The Morgan fingerprint density at radius 1 is 1.00 bits per heavy atom. The highest BCUT2D eigenvalue weighted by molar-refractivity contribution is 6.06. The van der Waals surface area contributed by atoms with E-state index in [2.05, 4.69) is 15.2 Å². The summed E-state index contributed by atoms with van der Waals surface area (Å²) >= 11 is 0. The first-order valence-electron chi connectivity index (χ1n) is 12.9. The van der Waals surface area contributed by atoms with E-state index in [9.17, 15) is 14.0 Å². The van der Waals surface area contributed by atoms with Crippen molar-refractivity contribution in [2.75, 3.05) is 31.5 Å². The number of aromatic nitrogens is 1. The zero-order valence-electron chi connectivity index (χ0n) is 22.2. The Morgan fingerprint density at radius 3 is 2.44 bits per heavy atom. The maximum Gasteiger partial charge on any atom is 0.410 e. The number of para-hydroxylation sites is 1. The van der Waals surface area contributed by atoms with E-state index in [-0.39, 0.29) is 12.0 Å². The van der Waals surface area contributed by atoms with Crippen molar-refractivity contribution in [1.29, 1.82) is 0 Å². The number of nitrogens with one attached hydrogen (secondary N) is 1. The van der Waals surface area contributed by atoms with Gasteiger partial charge in [0, 0.05) is 38.3 Å². The number of nitrogens with zero attached hydrogens (tertiary/aromatic N) is 3. The SMILES string of the molecule is CC(C)(C)OC(=O)N1CCN(Cc2ccc3nc(-c4ccccc4NC(=O)c4ccc(F)cc4)oc3c2)CC1. The standard InChI is InChI=1S/C30H31FN4O4/c1-30(2,3)39-29(37)35-16-14-34(15-17-35)19-20-8-13-25-26(18-20)38-28(33-25)23-6-4-5-7-24(23)32-27(36)21-9-11-22(31)12-10-21/h4-13,18H,14-17,19H2,1-3H3,(H,32,36). The fourth-order valence-electron chi connectivity index (χ4n) is 4.43. The van der Waals surface area contributed by atoms with Crippen molar-refractivity contribution in [3.05, 3.63) is 83.7 Å². The predicted molar refractivity (Wildman–Crippen MR) is 147 cm³/mol. The summed E-state index contributed by atoms with van der Waals surface area (Å²) in [7, 11) is 0. The molecule has 0 radical (unpaired) electrons. The molecule has 8 nitrogen and oxygen atoms in total. The van der Waals surface area contributed by atoms with Gasteiger partial charge in [-0.05, 0) is 74.9 Å². The summed E-state index contributed by atoms with van der Waals surface area (Å²) in [6, 6.07) is 18.6. The van der Waals surface area contributed by atoms with Gasteiger partial charge in [-0.25, -0.2) is 14.2 Å². The molecule has 202 valence electrons. The van der Waals surface area contributed by atoms with Crippen LogP contribution >= 0.6 is 0 Å². The third-order valence-corrected chi connectivity index (χ3v) is 6.40. The number of anilines is 1. The molecule has 0 aliphatic carbocycles. The number of amides is 2. The van der Waals surface area contributed by atoms with E-state index in [1.54, 1.807) is 11.0 Å². The van der Waals surface area contributed by atoms with Crippen LogP contribution in [0.4, 0.5) is 14.9 Å². The van der Waals surface area contributed by atoms with Gasteiger partial charge in [-0.15, -0.1) is 0 Å². The van der Waals surface area contributed by atoms with Crippen LogP contribution in [0.5, 0.6) is 0 Å². The highest BCUT2D eigenvalue weighted by Crippen LogP contribution is 2.31. The van der Waals surface area contributed by atoms with E-state index in [1.807, 2.05) is 57.2 Å². The van der Waals surface area contributed by atoms with Crippen molar-refractivity contribution in [2.45, 2.75) is 32.9 Å². The van der Waals surface area contributed by atoms with E-state index in [4.69, 9.17) is 9.15 Å². The molecule has 0 saturated carbocycles. The Labute approximate surface area is 226 Å². The lowest BCUT2D eigenvalue weighted by atomic mass is 10.1. The summed E-state index contributed by atoms with van der Waals surface area (Å²) in [5.74, 6) is -0.364. The maximum absolute atomic E-state index is 13.2. The van der Waals surface area contributed by atoms with Gasteiger partial charge in [0.2, 0.25) is 5.89 Å². The third kappa shape index (κ3) is 6.43. The Bertz CT molecular complexity index is 1490. The first kappa shape index (κ1) is 26.4. The van der Waals surface area contributed by atoms with Gasteiger partial charge < -0.3 is 19.4 Å². The molecule has 2 amide bonds. The van der Waals surface area contributed by atoms with Crippen LogP contribution in [-0.2, 0) is 11.3 Å². The van der Waals surface area contributed by atoms with Crippen LogP contribution in [0.1, 0.15) is 36.7 Å². The third-order valence-electron chi connectivity index (χ3n) is 6.40. The molecule has 0 unspecified atom stereocenters. The normalized spacial score (nSPS) is 14.4. The molecular weight excluding hydrogens is 499 g/mol. The van der Waals surface area contributed by atoms with Crippen LogP contribution in [0.2, 0.25) is 0 Å². The molecule has 1 saturated heterocycles. The number of benzene rings is 3. The Balaban J connectivity index is 1.27. The van der Waals surface area contributed by atoms with Gasteiger partial charge in [-0.3, -0.25) is 9.69 Å². The minimum atomic E-state index is -0.506. The number of fused-ring (bicyclic) bond motifs is 1. The highest BCUT2D eigenvalue weighted by Gasteiger charge is 2.26. The highest BCUT2D eigenvalue weighted by atomic mass is 19.1. The van der Waals surface area contributed by atoms with Crippen molar-refractivity contribution in [2.24, 2.45) is 0 Å². The summed E-state index contributed by atoms with van der Waals surface area (Å²) in [6.45, 7) is 9.06. The Morgan fingerprint density at radius 2 is 1.72 bits per heavy atom. The molecular formula is C30H31FN4O4. The van der Waals surface area contributed by atoms with E-state index < -0.39 is 11.4 Å². The van der Waals surface area contributed by atoms with Crippen molar-refractivity contribution in [1.82, 2.24) is 14.8 Å². The summed E-state index contributed by atoms with van der Waals surface area (Å²) < 4.78 is 24.9. The molecule has 2 heterocycles. The zero-order valence-corrected chi connectivity index (χ0v) is 22.2. The first-order chi connectivity index (χ1) is 18.6. The lowest BCUT2D eigenvalue weighted by Crippen LogP contribution is -2.49. The fourth-order valence-corrected chi connectivity index (χ4v) is 4.43. The number of carbonyl (C=O) groups excluding carboxylic acids is 2. The predicted octanol–water partition coefficient (Wildman–Crippen LogP) is 5.94. The molecule has 1 aliphatic rings. The second kappa shape index (κ2) is 10.9. The van der Waals surface area contributed by atoms with Crippen molar-refractivity contribution in [3.8, 4) is 11.5 Å². The minimum Gasteiger partial charge on any atom is -0.444 e. The number of carbonyl (C=O) groups is 2. The van der Waals surface area contributed by atoms with E-state index in [0.717, 1.165) is 25.2 Å². The van der Waals surface area contributed by atoms with Crippen molar-refractivity contribution in [3.63, 3.8) is 0 Å². The summed E-state index contributed by atoms with van der Waals surface area (Å²) in [4.78, 5) is 33.7. The topological polar surface area (TPSA) is 87.9 Å². The lowest BCUT2D eigenvalue weighted by molar-refractivity contribution is 0.0139. The van der Waals surface area contributed by atoms with Gasteiger partial charge in [-0.1, -0.05) is 18.2 Å². The number of halogens is 1. The molecule has 5 rings (SSSR count). The molecule has 39 heavy (non-hydrogen) atoms. The largest absolute Gasteiger partial charge is 0.444 e. The monoisotopic (exact) mass is 530 g/mol. The molecule has 1 N–H and O–H groups in total. The fraction of sp³-hybridized carbons (Fsp3) is 0.300. The van der Waals surface area contributed by atoms with Gasteiger partial charge >= 0.3 is 6.09 Å². The smallest absolute Gasteiger partial charge is 0.410 e. The molecule has 9 heteroatoms. The number of hydrogen-bond donors (Lipinski definition) is 1. The van der Waals surface area contributed by atoms with Crippen LogP contribution in [0, 0.1) is 5.82 Å². The minimum absolute atomic E-state index is 0.271. The van der Waals surface area contributed by atoms with Gasteiger partial charge in [0.15, 0.2) is 5.58 Å². The van der Waals surface area contributed by atoms with Crippen LogP contribution in [0.3, 0.4) is 0 Å². The van der Waals surface area contributed by atoms with Crippen LogP contribution in [-0.4, -0.2) is 58.6 Å². The number of hydrogen-bond acceptors (Lipinski definition) is 6. The molecule has 1 fully saturated rings. The molecule has 4 aromatic rings. The quantitative estimate of drug-likeness (QED) is 0.344. The number of piperazine rings is 1. The van der Waals surface area contributed by atoms with E-state index >= 15 is 0 Å². The van der Waals surface area contributed by atoms with Crippen molar-refractivity contribution >= 4 is 28.8 Å². The van der Waals surface area contributed by atoms with E-state index in [0.29, 0.717) is 46.9 Å².